The van der Waals surface area contributed by atoms with E-state index in [9.17, 15) is 18.0 Å². The van der Waals surface area contributed by atoms with Crippen molar-refractivity contribution in [2.45, 2.75) is 40.0 Å². The van der Waals surface area contributed by atoms with E-state index in [1.807, 2.05) is 20.6 Å². The van der Waals surface area contributed by atoms with E-state index in [1.54, 1.807) is 6.92 Å². The van der Waals surface area contributed by atoms with Gasteiger partial charge >= 0.3 is 6.18 Å². The lowest BCUT2D eigenvalue weighted by atomic mass is 10.4. The SMILES string of the molecule is C=O.CC.CCn1c(=O)cc(Cn2nc(C(F)(F)F)cc2Cl)[nH]c1=S. The molecule has 0 unspecified atom stereocenters. The number of alkyl halides is 3. The molecule has 0 bridgehead atoms. The fraction of sp³-hybridized carbons (Fsp3) is 0.429. The van der Waals surface area contributed by atoms with Gasteiger partial charge in [0.25, 0.3) is 5.56 Å². The van der Waals surface area contributed by atoms with E-state index >= 15 is 0 Å². The Balaban J connectivity index is 0.00000134. The lowest BCUT2D eigenvalue weighted by molar-refractivity contribution is -0.141. The first-order valence-electron chi connectivity index (χ1n) is 7.15. The number of hydrogen-bond acceptors (Lipinski definition) is 4. The minimum atomic E-state index is -4.58. The molecule has 2 rings (SSSR count). The normalized spacial score (nSPS) is 10.4. The van der Waals surface area contributed by atoms with Gasteiger partial charge in [0, 0.05) is 24.4 Å². The molecule has 140 valence electrons. The maximum Gasteiger partial charge on any atom is 0.435 e. The summed E-state index contributed by atoms with van der Waals surface area (Å²) in [5.74, 6) is 0. The number of nitrogens with one attached hydrogen (secondary N) is 1. The Morgan fingerprint density at radius 2 is 1.88 bits per heavy atom. The van der Waals surface area contributed by atoms with Crippen molar-refractivity contribution in [3.8, 4) is 0 Å². The van der Waals surface area contributed by atoms with Crippen molar-refractivity contribution in [3.63, 3.8) is 0 Å². The van der Waals surface area contributed by atoms with Gasteiger partial charge in [-0.1, -0.05) is 25.4 Å². The molecule has 0 atom stereocenters. The number of aromatic amines is 1. The molecule has 0 amide bonds. The molecule has 11 heteroatoms. The Bertz CT molecular complexity index is 767. The maximum absolute atomic E-state index is 12.5. The molecule has 0 spiro atoms. The van der Waals surface area contributed by atoms with Gasteiger partial charge in [0.05, 0.1) is 6.54 Å². The number of rotatable bonds is 3. The van der Waals surface area contributed by atoms with Gasteiger partial charge in [-0.2, -0.15) is 18.3 Å². The summed E-state index contributed by atoms with van der Waals surface area (Å²) >= 11 is 10.7. The van der Waals surface area contributed by atoms with Crippen molar-refractivity contribution in [2.24, 2.45) is 0 Å². The number of carbonyl (C=O) groups is 1. The second-order valence-corrected chi connectivity index (χ2v) is 4.96. The first kappa shape index (κ1) is 23.1. The number of nitrogens with zero attached hydrogens (tertiary/aromatic N) is 3. The topological polar surface area (TPSA) is 72.7 Å². The Morgan fingerprint density at radius 1 is 1.32 bits per heavy atom. The third-order valence-electron chi connectivity index (χ3n) is 2.73. The van der Waals surface area contributed by atoms with Gasteiger partial charge in [0.2, 0.25) is 0 Å². The van der Waals surface area contributed by atoms with Gasteiger partial charge in [-0.05, 0) is 19.1 Å². The Labute approximate surface area is 152 Å². The average Bonchev–Trinajstić information content (AvgIpc) is 2.92. The predicted octanol–water partition coefficient (Wildman–Crippen LogP) is 3.68. The maximum atomic E-state index is 12.5. The van der Waals surface area contributed by atoms with Crippen molar-refractivity contribution < 1.29 is 18.0 Å². The van der Waals surface area contributed by atoms with Crippen molar-refractivity contribution in [2.75, 3.05) is 0 Å². The van der Waals surface area contributed by atoms with Crippen LogP contribution in [0.25, 0.3) is 0 Å². The highest BCUT2D eigenvalue weighted by atomic mass is 35.5. The van der Waals surface area contributed by atoms with Gasteiger partial charge in [0.1, 0.15) is 11.9 Å². The fourth-order valence-corrected chi connectivity index (χ4v) is 2.31. The highest BCUT2D eigenvalue weighted by Gasteiger charge is 2.34. The van der Waals surface area contributed by atoms with Crippen LogP contribution in [0.1, 0.15) is 32.2 Å². The molecule has 2 heterocycles. The summed E-state index contributed by atoms with van der Waals surface area (Å²) in [6, 6.07) is 1.98. The van der Waals surface area contributed by atoms with Crippen LogP contribution in [-0.4, -0.2) is 26.1 Å². The summed E-state index contributed by atoms with van der Waals surface area (Å²) in [7, 11) is 0. The van der Waals surface area contributed by atoms with Gasteiger partial charge < -0.3 is 9.78 Å². The Morgan fingerprint density at radius 3 is 2.28 bits per heavy atom. The predicted molar refractivity (Wildman–Crippen MR) is 91.4 cm³/mol. The summed E-state index contributed by atoms with van der Waals surface area (Å²) in [5, 5.41) is 3.20. The Kier molecular flexibility index (Phi) is 9.35. The molecular formula is C14H18ClF3N4O2S. The van der Waals surface area contributed by atoms with Crippen molar-refractivity contribution >= 4 is 30.6 Å². The molecule has 25 heavy (non-hydrogen) atoms. The standard InChI is InChI=1S/C11H10ClF3N4OS.C2H6.CH2O/c1-2-18-9(20)3-6(16-10(18)21)5-19-8(12)4-7(17-19)11(13,14)15;2*1-2/h3-4H,2,5H2,1H3,(H,16,21);1-2H3;1H2. The summed E-state index contributed by atoms with van der Waals surface area (Å²) in [6.45, 7) is 8.04. The molecule has 0 aromatic carbocycles. The van der Waals surface area contributed by atoms with Gasteiger partial charge in [-0.25, -0.2) is 4.68 Å². The molecule has 2 aromatic rings. The number of H-pyrrole nitrogens is 1. The van der Waals surface area contributed by atoms with Crippen LogP contribution in [0.4, 0.5) is 13.2 Å². The molecule has 0 radical (unpaired) electrons. The van der Waals surface area contributed by atoms with E-state index in [2.05, 4.69) is 10.1 Å². The number of aromatic nitrogens is 4. The van der Waals surface area contributed by atoms with Crippen molar-refractivity contribution in [3.05, 3.63) is 43.8 Å². The van der Waals surface area contributed by atoms with Crippen LogP contribution in [0.5, 0.6) is 0 Å². The van der Waals surface area contributed by atoms with Gasteiger partial charge in [-0.15, -0.1) is 0 Å². The quantitative estimate of drug-likeness (QED) is 0.800. The molecule has 0 saturated heterocycles. The number of halogens is 4. The van der Waals surface area contributed by atoms with Crippen molar-refractivity contribution in [1.29, 1.82) is 0 Å². The van der Waals surface area contributed by atoms with E-state index in [0.717, 1.165) is 10.7 Å². The third kappa shape index (κ3) is 6.13. The minimum absolute atomic E-state index is 0.113. The van der Waals surface area contributed by atoms with E-state index in [4.69, 9.17) is 28.6 Å². The zero-order chi connectivity index (χ0) is 19.8. The van der Waals surface area contributed by atoms with E-state index in [-0.39, 0.29) is 22.0 Å². The average molecular weight is 399 g/mol. The molecule has 0 aliphatic rings. The van der Waals surface area contributed by atoms with Crippen LogP contribution in [0, 0.1) is 4.77 Å². The second kappa shape index (κ2) is 10.1. The van der Waals surface area contributed by atoms with Crippen LogP contribution in [0.15, 0.2) is 16.9 Å². The molecule has 2 aromatic heterocycles. The monoisotopic (exact) mass is 398 g/mol. The highest BCUT2D eigenvalue weighted by Crippen LogP contribution is 2.29. The lowest BCUT2D eigenvalue weighted by Crippen LogP contribution is -2.22. The summed E-state index contributed by atoms with van der Waals surface area (Å²) in [6.07, 6.45) is -4.58. The van der Waals surface area contributed by atoms with E-state index < -0.39 is 11.9 Å². The van der Waals surface area contributed by atoms with E-state index in [1.165, 1.54) is 10.6 Å². The Hall–Kier alpha value is -1.94. The van der Waals surface area contributed by atoms with Crippen LogP contribution >= 0.6 is 23.8 Å². The van der Waals surface area contributed by atoms with Gasteiger partial charge in [-0.3, -0.25) is 9.36 Å². The van der Waals surface area contributed by atoms with Gasteiger partial charge in [0.15, 0.2) is 10.5 Å². The molecule has 0 saturated carbocycles. The molecule has 0 aliphatic heterocycles. The van der Waals surface area contributed by atoms with Crippen LogP contribution < -0.4 is 5.56 Å². The molecular weight excluding hydrogens is 381 g/mol. The summed E-state index contributed by atoms with van der Waals surface area (Å²) < 4.78 is 40.1. The van der Waals surface area contributed by atoms with Crippen LogP contribution in [0.3, 0.4) is 0 Å². The first-order valence-corrected chi connectivity index (χ1v) is 7.93. The van der Waals surface area contributed by atoms with Crippen LogP contribution in [-0.2, 0) is 24.1 Å². The number of carbonyl (C=O) groups excluding carboxylic acids is 1. The highest BCUT2D eigenvalue weighted by molar-refractivity contribution is 7.71. The van der Waals surface area contributed by atoms with Crippen LogP contribution in [0.2, 0.25) is 5.15 Å². The fourth-order valence-electron chi connectivity index (χ4n) is 1.76. The zero-order valence-electron chi connectivity index (χ0n) is 13.9. The zero-order valence-corrected chi connectivity index (χ0v) is 15.4. The molecule has 1 N–H and O–H groups in total. The third-order valence-corrected chi connectivity index (χ3v) is 3.36. The molecule has 6 nitrogen and oxygen atoms in total. The number of hydrogen-bond donors (Lipinski definition) is 1. The smallest absolute Gasteiger partial charge is 0.334 e. The van der Waals surface area contributed by atoms with E-state index in [0.29, 0.717) is 12.2 Å². The van der Waals surface area contributed by atoms with Crippen molar-refractivity contribution in [1.82, 2.24) is 19.3 Å². The lowest BCUT2D eigenvalue weighted by Gasteiger charge is -2.07. The summed E-state index contributed by atoms with van der Waals surface area (Å²) in [5.41, 5.74) is -1.10. The summed E-state index contributed by atoms with van der Waals surface area (Å²) in [4.78, 5) is 22.5. The minimum Gasteiger partial charge on any atom is -0.334 e. The second-order valence-electron chi connectivity index (χ2n) is 4.19. The molecule has 0 aliphatic carbocycles. The first-order chi connectivity index (χ1) is 11.7. The molecule has 0 fully saturated rings. The largest absolute Gasteiger partial charge is 0.435 e.